The number of aryl methyl sites for hydroxylation is 1. The summed E-state index contributed by atoms with van der Waals surface area (Å²) < 4.78 is 16.8. The van der Waals surface area contributed by atoms with E-state index < -0.39 is 0 Å². The van der Waals surface area contributed by atoms with Gasteiger partial charge in [-0.3, -0.25) is 4.79 Å². The van der Waals surface area contributed by atoms with Crippen LogP contribution in [0.25, 0.3) is 10.9 Å². The van der Waals surface area contributed by atoms with Gasteiger partial charge in [0.2, 0.25) is 5.91 Å². The van der Waals surface area contributed by atoms with Gasteiger partial charge < -0.3 is 24.0 Å². The first-order chi connectivity index (χ1) is 16.9. The number of benzene rings is 2. The highest BCUT2D eigenvalue weighted by molar-refractivity contribution is 5.85. The average Bonchev–Trinajstić information content (AvgIpc) is 3.36. The van der Waals surface area contributed by atoms with Crippen molar-refractivity contribution >= 4 is 22.6 Å². The van der Waals surface area contributed by atoms with E-state index in [9.17, 15) is 4.79 Å². The Morgan fingerprint density at radius 3 is 2.63 bits per heavy atom. The topological polar surface area (TPSA) is 64.1 Å². The van der Waals surface area contributed by atoms with Crippen LogP contribution < -0.4 is 14.4 Å². The van der Waals surface area contributed by atoms with Crippen LogP contribution in [0.15, 0.2) is 42.5 Å². The summed E-state index contributed by atoms with van der Waals surface area (Å²) in [6.07, 6.45) is 2.24. The number of ether oxygens (including phenoxy) is 3. The Balaban J connectivity index is 1.67. The highest BCUT2D eigenvalue weighted by atomic mass is 16.5. The van der Waals surface area contributed by atoms with Crippen LogP contribution in [-0.2, 0) is 22.5 Å². The maximum atomic E-state index is 13.7. The molecular weight excluding hydrogens is 442 g/mol. The van der Waals surface area contributed by atoms with Gasteiger partial charge in [-0.1, -0.05) is 18.2 Å². The predicted octanol–water partition coefficient (Wildman–Crippen LogP) is 4.38. The fraction of sp³-hybridized carbons (Fsp3) is 0.429. The molecule has 1 amide bonds. The zero-order valence-corrected chi connectivity index (χ0v) is 21.3. The van der Waals surface area contributed by atoms with Crippen LogP contribution in [-0.4, -0.2) is 63.4 Å². The van der Waals surface area contributed by atoms with Gasteiger partial charge in [0.05, 0.1) is 32.3 Å². The van der Waals surface area contributed by atoms with Crippen molar-refractivity contribution in [3.63, 3.8) is 0 Å². The SMILES string of the molecule is COc1ccc(OC)c(CC(=O)N(Cc2cc3cccc(C)c3nc2N(C)C)C[C@@H]2CCCO2)c1. The lowest BCUT2D eigenvalue weighted by Gasteiger charge is -2.28. The van der Waals surface area contributed by atoms with Gasteiger partial charge in [0.1, 0.15) is 17.3 Å². The van der Waals surface area contributed by atoms with Crippen molar-refractivity contribution in [3.8, 4) is 11.5 Å². The Labute approximate surface area is 207 Å². The smallest absolute Gasteiger partial charge is 0.227 e. The van der Waals surface area contributed by atoms with Gasteiger partial charge in [-0.25, -0.2) is 4.98 Å². The molecule has 1 aliphatic rings. The lowest BCUT2D eigenvalue weighted by molar-refractivity contribution is -0.132. The summed E-state index contributed by atoms with van der Waals surface area (Å²) in [4.78, 5) is 22.6. The molecule has 0 unspecified atom stereocenters. The molecular formula is C28H35N3O4. The minimum absolute atomic E-state index is 0.0149. The molecule has 2 aromatic carbocycles. The van der Waals surface area contributed by atoms with Gasteiger partial charge in [0.25, 0.3) is 0 Å². The quantitative estimate of drug-likeness (QED) is 0.456. The molecule has 0 radical (unpaired) electrons. The summed E-state index contributed by atoms with van der Waals surface area (Å²) in [6.45, 7) is 3.82. The van der Waals surface area contributed by atoms with Crippen molar-refractivity contribution in [1.29, 1.82) is 0 Å². The average molecular weight is 478 g/mol. The highest BCUT2D eigenvalue weighted by Crippen LogP contribution is 2.28. The molecule has 35 heavy (non-hydrogen) atoms. The van der Waals surface area contributed by atoms with Crippen molar-refractivity contribution in [1.82, 2.24) is 9.88 Å². The molecule has 7 heteroatoms. The molecule has 2 heterocycles. The van der Waals surface area contributed by atoms with Gasteiger partial charge in [-0.2, -0.15) is 0 Å². The number of carbonyl (C=O) groups is 1. The van der Waals surface area contributed by atoms with E-state index in [1.54, 1.807) is 14.2 Å². The number of pyridine rings is 1. The van der Waals surface area contributed by atoms with Gasteiger partial charge >= 0.3 is 0 Å². The van der Waals surface area contributed by atoms with Gasteiger partial charge in [-0.15, -0.1) is 0 Å². The molecule has 3 aromatic rings. The van der Waals surface area contributed by atoms with Crippen molar-refractivity contribution in [3.05, 3.63) is 59.2 Å². The minimum Gasteiger partial charge on any atom is -0.497 e. The zero-order valence-electron chi connectivity index (χ0n) is 21.3. The van der Waals surface area contributed by atoms with E-state index >= 15 is 0 Å². The molecule has 1 saturated heterocycles. The van der Waals surface area contributed by atoms with Crippen LogP contribution in [0.4, 0.5) is 5.82 Å². The summed E-state index contributed by atoms with van der Waals surface area (Å²) >= 11 is 0. The summed E-state index contributed by atoms with van der Waals surface area (Å²) in [6, 6.07) is 13.9. The second-order valence-electron chi connectivity index (χ2n) is 9.28. The normalized spacial score (nSPS) is 15.3. The van der Waals surface area contributed by atoms with Gasteiger partial charge in [0.15, 0.2) is 0 Å². The van der Waals surface area contributed by atoms with Crippen molar-refractivity contribution in [2.24, 2.45) is 0 Å². The third-order valence-corrected chi connectivity index (χ3v) is 6.52. The summed E-state index contributed by atoms with van der Waals surface area (Å²) in [5.74, 6) is 2.26. The molecule has 1 fully saturated rings. The number of anilines is 1. The molecule has 1 aromatic heterocycles. The number of aromatic nitrogens is 1. The summed E-state index contributed by atoms with van der Waals surface area (Å²) in [7, 11) is 7.22. The second kappa shape index (κ2) is 11.0. The third kappa shape index (κ3) is 5.68. The number of hydrogen-bond acceptors (Lipinski definition) is 6. The maximum Gasteiger partial charge on any atom is 0.227 e. The molecule has 4 rings (SSSR count). The number of rotatable bonds is 9. The molecule has 7 nitrogen and oxygen atoms in total. The van der Waals surface area contributed by atoms with E-state index in [2.05, 4.69) is 25.1 Å². The molecule has 186 valence electrons. The number of para-hydroxylation sites is 1. The largest absolute Gasteiger partial charge is 0.497 e. The van der Waals surface area contributed by atoms with Crippen molar-refractivity contribution in [2.75, 3.05) is 46.4 Å². The van der Waals surface area contributed by atoms with Crippen LogP contribution in [0.1, 0.15) is 29.5 Å². The molecule has 1 aliphatic heterocycles. The Bertz CT molecular complexity index is 1190. The lowest BCUT2D eigenvalue weighted by Crippen LogP contribution is -2.38. The number of amides is 1. The van der Waals surface area contributed by atoms with E-state index in [1.807, 2.05) is 48.2 Å². The first-order valence-corrected chi connectivity index (χ1v) is 12.1. The number of methoxy groups -OCH3 is 2. The van der Waals surface area contributed by atoms with Crippen molar-refractivity contribution < 1.29 is 19.0 Å². The van der Waals surface area contributed by atoms with Crippen LogP contribution in [0.3, 0.4) is 0 Å². The summed E-state index contributed by atoms with van der Waals surface area (Å²) in [5.41, 5.74) is 3.93. The molecule has 0 bridgehead atoms. The number of hydrogen-bond donors (Lipinski definition) is 0. The van der Waals surface area contributed by atoms with Crippen LogP contribution in [0, 0.1) is 6.92 Å². The Morgan fingerprint density at radius 1 is 1.11 bits per heavy atom. The van der Waals surface area contributed by atoms with Gasteiger partial charge in [0, 0.05) is 50.3 Å². The fourth-order valence-corrected chi connectivity index (χ4v) is 4.67. The van der Waals surface area contributed by atoms with E-state index in [0.29, 0.717) is 24.6 Å². The van der Waals surface area contributed by atoms with E-state index in [4.69, 9.17) is 19.2 Å². The Morgan fingerprint density at radius 2 is 1.94 bits per heavy atom. The maximum absolute atomic E-state index is 13.7. The second-order valence-corrected chi connectivity index (χ2v) is 9.28. The Hall–Kier alpha value is -3.32. The molecule has 0 N–H and O–H groups in total. The van der Waals surface area contributed by atoms with Crippen LogP contribution >= 0.6 is 0 Å². The molecule has 0 aliphatic carbocycles. The molecule has 0 spiro atoms. The number of fused-ring (bicyclic) bond motifs is 1. The lowest BCUT2D eigenvalue weighted by atomic mass is 10.1. The van der Waals surface area contributed by atoms with E-state index in [1.165, 1.54) is 0 Å². The Kier molecular flexibility index (Phi) is 7.76. The molecule has 1 atom stereocenters. The monoisotopic (exact) mass is 477 g/mol. The number of nitrogens with zero attached hydrogens (tertiary/aromatic N) is 3. The minimum atomic E-state index is 0.0149. The first-order valence-electron chi connectivity index (χ1n) is 12.1. The highest BCUT2D eigenvalue weighted by Gasteiger charge is 2.25. The van der Waals surface area contributed by atoms with Crippen molar-refractivity contribution in [2.45, 2.75) is 38.8 Å². The van der Waals surface area contributed by atoms with Crippen LogP contribution in [0.5, 0.6) is 11.5 Å². The first kappa shape index (κ1) is 24.8. The fourth-order valence-electron chi connectivity index (χ4n) is 4.67. The third-order valence-electron chi connectivity index (χ3n) is 6.52. The predicted molar refractivity (Wildman–Crippen MR) is 138 cm³/mol. The van der Waals surface area contributed by atoms with E-state index in [-0.39, 0.29) is 18.4 Å². The van der Waals surface area contributed by atoms with Crippen LogP contribution in [0.2, 0.25) is 0 Å². The van der Waals surface area contributed by atoms with Gasteiger partial charge in [-0.05, 0) is 49.6 Å². The zero-order chi connectivity index (χ0) is 24.9. The summed E-state index contributed by atoms with van der Waals surface area (Å²) in [5, 5.41) is 1.07. The number of carbonyl (C=O) groups excluding carboxylic acids is 1. The molecule has 0 saturated carbocycles. The standard InChI is InChI=1S/C28H35N3O4/c1-19-8-6-9-20-14-22(28(30(2)3)29-27(19)20)17-31(18-24-10-7-13-35-24)26(32)16-21-15-23(33-4)11-12-25(21)34-5/h6,8-9,11-12,14-15,24H,7,10,13,16-18H2,1-5H3/t24-/m0/s1. The van der Waals surface area contributed by atoms with E-state index in [0.717, 1.165) is 52.9 Å².